The number of thiophene rings is 1. The average Bonchev–Trinajstić information content (AvgIpc) is 2.72. The second kappa shape index (κ2) is 5.33. The van der Waals surface area contributed by atoms with Gasteiger partial charge in [0.1, 0.15) is 12.4 Å². The van der Waals surface area contributed by atoms with Crippen LogP contribution in [0.15, 0.2) is 36.4 Å². The van der Waals surface area contributed by atoms with Crippen LogP contribution < -0.4 is 4.74 Å². The highest BCUT2D eigenvalue weighted by Gasteiger charge is 2.12. The molecule has 0 bridgehead atoms. The molecule has 0 saturated carbocycles. The molecule has 1 nitrogen and oxygen atoms in total. The summed E-state index contributed by atoms with van der Waals surface area (Å²) in [5.41, 5.74) is 1.49. The maximum absolute atomic E-state index is 5.88. The van der Waals surface area contributed by atoms with E-state index in [0.29, 0.717) is 6.61 Å². The van der Waals surface area contributed by atoms with Gasteiger partial charge in [-0.1, -0.05) is 44.5 Å². The van der Waals surface area contributed by atoms with Crippen LogP contribution in [0.3, 0.4) is 0 Å². The fourth-order valence-corrected chi connectivity index (χ4v) is 2.64. The molecule has 2 aromatic rings. The Labute approximate surface area is 117 Å². The Bertz CT molecular complexity index is 508. The van der Waals surface area contributed by atoms with Crippen molar-refractivity contribution in [2.45, 2.75) is 32.8 Å². The molecule has 0 radical (unpaired) electrons. The van der Waals surface area contributed by atoms with Crippen LogP contribution in [0.5, 0.6) is 5.75 Å². The average molecular weight is 281 g/mol. The molecule has 0 fully saturated rings. The quantitative estimate of drug-likeness (QED) is 0.743. The van der Waals surface area contributed by atoms with Gasteiger partial charge >= 0.3 is 0 Å². The summed E-state index contributed by atoms with van der Waals surface area (Å²) in [5, 5.41) is 0. The van der Waals surface area contributed by atoms with Gasteiger partial charge in [-0.2, -0.15) is 0 Å². The molecule has 1 heterocycles. The minimum absolute atomic E-state index is 0.180. The third kappa shape index (κ3) is 3.50. The Balaban J connectivity index is 1.98. The summed E-state index contributed by atoms with van der Waals surface area (Å²) in [7, 11) is 0. The topological polar surface area (TPSA) is 9.23 Å². The summed E-state index contributed by atoms with van der Waals surface area (Å²) in [6.07, 6.45) is 0. The first kappa shape index (κ1) is 13.4. The molecule has 1 aromatic heterocycles. The lowest BCUT2D eigenvalue weighted by Crippen LogP contribution is -2.10. The first-order valence-electron chi connectivity index (χ1n) is 5.93. The second-order valence-corrected chi connectivity index (χ2v) is 7.07. The Hall–Kier alpha value is -0.990. The Morgan fingerprint density at radius 2 is 1.72 bits per heavy atom. The second-order valence-electron chi connectivity index (χ2n) is 5.27. The minimum atomic E-state index is 0.180. The molecule has 0 atom stereocenters. The lowest BCUT2D eigenvalue weighted by Gasteiger charge is -2.19. The van der Waals surface area contributed by atoms with E-state index >= 15 is 0 Å². The van der Waals surface area contributed by atoms with Gasteiger partial charge in [0.2, 0.25) is 0 Å². The number of hydrogen-bond donors (Lipinski definition) is 0. The maximum Gasteiger partial charge on any atom is 0.122 e. The molecular weight excluding hydrogens is 264 g/mol. The van der Waals surface area contributed by atoms with Crippen molar-refractivity contribution in [1.82, 2.24) is 0 Å². The van der Waals surface area contributed by atoms with E-state index in [-0.39, 0.29) is 5.41 Å². The molecule has 0 unspecified atom stereocenters. The summed E-state index contributed by atoms with van der Waals surface area (Å²) < 4.78 is 6.53. The zero-order chi connectivity index (χ0) is 13.2. The van der Waals surface area contributed by atoms with Crippen molar-refractivity contribution in [3.05, 3.63) is 51.2 Å². The Morgan fingerprint density at radius 3 is 2.22 bits per heavy atom. The van der Waals surface area contributed by atoms with Crippen molar-refractivity contribution >= 4 is 22.9 Å². The van der Waals surface area contributed by atoms with Gasteiger partial charge in [0.15, 0.2) is 0 Å². The molecule has 3 heteroatoms. The smallest absolute Gasteiger partial charge is 0.122 e. The summed E-state index contributed by atoms with van der Waals surface area (Å²) in [6.45, 7) is 7.19. The van der Waals surface area contributed by atoms with Crippen molar-refractivity contribution in [3.63, 3.8) is 0 Å². The molecule has 1 aromatic carbocycles. The van der Waals surface area contributed by atoms with E-state index in [1.54, 1.807) is 11.3 Å². The van der Waals surface area contributed by atoms with Crippen molar-refractivity contribution in [3.8, 4) is 5.75 Å². The van der Waals surface area contributed by atoms with Crippen LogP contribution in [0.1, 0.15) is 31.2 Å². The van der Waals surface area contributed by atoms with E-state index in [0.717, 1.165) is 15.0 Å². The lowest BCUT2D eigenvalue weighted by atomic mass is 9.87. The number of benzene rings is 1. The number of ether oxygens (including phenoxy) is 1. The van der Waals surface area contributed by atoms with Gasteiger partial charge in [0.05, 0.1) is 4.34 Å². The molecule has 0 amide bonds. The van der Waals surface area contributed by atoms with Crippen LogP contribution in [0.4, 0.5) is 0 Å². The number of halogens is 1. The Kier molecular flexibility index (Phi) is 3.98. The van der Waals surface area contributed by atoms with E-state index in [1.165, 1.54) is 5.56 Å². The van der Waals surface area contributed by atoms with Gasteiger partial charge in [-0.05, 0) is 35.2 Å². The van der Waals surface area contributed by atoms with E-state index in [4.69, 9.17) is 16.3 Å². The highest BCUT2D eigenvalue weighted by molar-refractivity contribution is 7.16. The largest absolute Gasteiger partial charge is 0.488 e. The number of hydrogen-bond acceptors (Lipinski definition) is 2. The molecule has 0 aliphatic heterocycles. The van der Waals surface area contributed by atoms with Crippen LogP contribution in [-0.2, 0) is 12.0 Å². The van der Waals surface area contributed by atoms with Crippen LogP contribution >= 0.6 is 22.9 Å². The first-order chi connectivity index (χ1) is 8.45. The van der Waals surface area contributed by atoms with Gasteiger partial charge in [0, 0.05) is 4.88 Å². The van der Waals surface area contributed by atoms with E-state index in [2.05, 4.69) is 32.9 Å². The van der Waals surface area contributed by atoms with Gasteiger partial charge in [-0.3, -0.25) is 0 Å². The molecule has 0 aliphatic carbocycles. The summed E-state index contributed by atoms with van der Waals surface area (Å²) >= 11 is 7.43. The molecule has 0 aliphatic rings. The predicted octanol–water partition coefficient (Wildman–Crippen LogP) is 5.28. The van der Waals surface area contributed by atoms with Gasteiger partial charge in [-0.15, -0.1) is 11.3 Å². The van der Waals surface area contributed by atoms with Gasteiger partial charge in [0.25, 0.3) is 0 Å². The summed E-state index contributed by atoms with van der Waals surface area (Å²) in [5.74, 6) is 0.896. The van der Waals surface area contributed by atoms with Crippen molar-refractivity contribution in [2.75, 3.05) is 0 Å². The normalized spacial score (nSPS) is 11.6. The molecule has 0 N–H and O–H groups in total. The highest BCUT2D eigenvalue weighted by Crippen LogP contribution is 2.26. The first-order valence-corrected chi connectivity index (χ1v) is 7.12. The van der Waals surface area contributed by atoms with Crippen molar-refractivity contribution in [2.24, 2.45) is 0 Å². The van der Waals surface area contributed by atoms with Crippen LogP contribution in [0.2, 0.25) is 4.34 Å². The molecular formula is C15H17ClOS. The van der Waals surface area contributed by atoms with E-state index in [9.17, 15) is 0 Å². The third-order valence-corrected chi connectivity index (χ3v) is 3.93. The minimum Gasteiger partial charge on any atom is -0.488 e. The third-order valence-electron chi connectivity index (χ3n) is 2.73. The van der Waals surface area contributed by atoms with Crippen molar-refractivity contribution in [1.29, 1.82) is 0 Å². The molecule has 96 valence electrons. The molecule has 0 saturated heterocycles. The monoisotopic (exact) mass is 280 g/mol. The maximum atomic E-state index is 5.88. The zero-order valence-corrected chi connectivity index (χ0v) is 12.4. The van der Waals surface area contributed by atoms with Crippen LogP contribution in [-0.4, -0.2) is 0 Å². The number of rotatable bonds is 3. The molecule has 0 spiro atoms. The molecule has 18 heavy (non-hydrogen) atoms. The lowest BCUT2D eigenvalue weighted by molar-refractivity contribution is 0.309. The zero-order valence-electron chi connectivity index (χ0n) is 10.9. The SMILES string of the molecule is CC(C)(C)c1ccc(OCc2ccc(Cl)s2)cc1. The molecule has 2 rings (SSSR count). The van der Waals surface area contributed by atoms with E-state index < -0.39 is 0 Å². The van der Waals surface area contributed by atoms with Crippen LogP contribution in [0, 0.1) is 0 Å². The van der Waals surface area contributed by atoms with E-state index in [1.807, 2.05) is 24.3 Å². The fourth-order valence-electron chi connectivity index (χ4n) is 1.63. The van der Waals surface area contributed by atoms with Gasteiger partial charge < -0.3 is 4.74 Å². The van der Waals surface area contributed by atoms with Crippen LogP contribution in [0.25, 0.3) is 0 Å². The Morgan fingerprint density at radius 1 is 1.06 bits per heavy atom. The standard InChI is InChI=1S/C15H17ClOS/c1-15(2,3)11-4-6-12(7-5-11)17-10-13-8-9-14(16)18-13/h4-9H,10H2,1-3H3. The van der Waals surface area contributed by atoms with Gasteiger partial charge in [-0.25, -0.2) is 0 Å². The predicted molar refractivity (Wildman–Crippen MR) is 78.8 cm³/mol. The fraction of sp³-hybridized carbons (Fsp3) is 0.333. The summed E-state index contributed by atoms with van der Waals surface area (Å²) in [6, 6.07) is 12.2. The summed E-state index contributed by atoms with van der Waals surface area (Å²) in [4.78, 5) is 1.14. The highest BCUT2D eigenvalue weighted by atomic mass is 35.5. The van der Waals surface area contributed by atoms with Crippen molar-refractivity contribution < 1.29 is 4.74 Å².